The average Bonchev–Trinajstić information content (AvgIpc) is 3.18. The zero-order chi connectivity index (χ0) is 14.3. The van der Waals surface area contributed by atoms with E-state index >= 15 is 0 Å². The molecule has 0 aliphatic heterocycles. The maximum atomic E-state index is 12.6. The molecule has 1 fully saturated rings. The lowest BCUT2D eigenvalue weighted by molar-refractivity contribution is 0.0705. The first-order valence-electron chi connectivity index (χ1n) is 6.85. The number of rotatable bonds is 4. The van der Waals surface area contributed by atoms with Gasteiger partial charge in [-0.3, -0.25) is 4.79 Å². The highest BCUT2D eigenvalue weighted by molar-refractivity contribution is 5.95. The lowest BCUT2D eigenvalue weighted by Crippen LogP contribution is -2.36. The van der Waals surface area contributed by atoms with Crippen molar-refractivity contribution in [2.75, 3.05) is 13.2 Å². The number of aromatic nitrogens is 3. The van der Waals surface area contributed by atoms with Gasteiger partial charge in [0.05, 0.1) is 23.6 Å². The van der Waals surface area contributed by atoms with Gasteiger partial charge < -0.3 is 10.0 Å². The van der Waals surface area contributed by atoms with Gasteiger partial charge in [0, 0.05) is 24.8 Å². The highest BCUT2D eigenvalue weighted by atomic mass is 16.3. The van der Waals surface area contributed by atoms with Gasteiger partial charge in [-0.25, -0.2) is 9.50 Å². The molecule has 0 saturated heterocycles. The highest BCUT2D eigenvalue weighted by Gasteiger charge is 2.33. The summed E-state index contributed by atoms with van der Waals surface area (Å²) in [6.45, 7) is 4.13. The third kappa shape index (κ3) is 2.16. The third-order valence-electron chi connectivity index (χ3n) is 3.67. The minimum absolute atomic E-state index is 0.0160. The van der Waals surface area contributed by atoms with Crippen molar-refractivity contribution in [1.82, 2.24) is 19.5 Å². The molecule has 1 N–H and O–H groups in total. The van der Waals surface area contributed by atoms with E-state index in [1.165, 1.54) is 0 Å². The standard InChI is InChI=1S/C14H18N4O2/c1-9-7-13-15-8-12(10(2)18(13)16-9)14(20)17(5-6-19)11-3-4-11/h7-8,11,19H,3-6H2,1-2H3. The van der Waals surface area contributed by atoms with Crippen molar-refractivity contribution in [3.05, 3.63) is 29.2 Å². The van der Waals surface area contributed by atoms with Crippen LogP contribution in [-0.2, 0) is 0 Å². The van der Waals surface area contributed by atoms with Crippen molar-refractivity contribution >= 4 is 11.6 Å². The van der Waals surface area contributed by atoms with Crippen LogP contribution in [0.5, 0.6) is 0 Å². The van der Waals surface area contributed by atoms with Crippen LogP contribution in [0.3, 0.4) is 0 Å². The molecule has 20 heavy (non-hydrogen) atoms. The monoisotopic (exact) mass is 274 g/mol. The zero-order valence-electron chi connectivity index (χ0n) is 11.7. The maximum Gasteiger partial charge on any atom is 0.257 e. The third-order valence-corrected chi connectivity index (χ3v) is 3.67. The summed E-state index contributed by atoms with van der Waals surface area (Å²) in [7, 11) is 0. The number of carbonyl (C=O) groups is 1. The topological polar surface area (TPSA) is 70.7 Å². The van der Waals surface area contributed by atoms with Crippen LogP contribution in [0.2, 0.25) is 0 Å². The van der Waals surface area contributed by atoms with Gasteiger partial charge in [0.15, 0.2) is 5.65 Å². The Balaban J connectivity index is 1.99. The predicted molar refractivity (Wildman–Crippen MR) is 73.6 cm³/mol. The molecule has 2 aromatic heterocycles. The normalized spacial score (nSPS) is 14.8. The summed E-state index contributed by atoms with van der Waals surface area (Å²) in [5, 5.41) is 13.5. The molecule has 0 radical (unpaired) electrons. The van der Waals surface area contributed by atoms with Crippen molar-refractivity contribution in [2.24, 2.45) is 0 Å². The Labute approximate surface area is 117 Å². The quantitative estimate of drug-likeness (QED) is 0.901. The number of fused-ring (bicyclic) bond motifs is 1. The molecule has 1 aliphatic carbocycles. The maximum absolute atomic E-state index is 12.6. The van der Waals surface area contributed by atoms with E-state index in [-0.39, 0.29) is 18.6 Å². The second-order valence-corrected chi connectivity index (χ2v) is 5.27. The minimum atomic E-state index is -0.0680. The van der Waals surface area contributed by atoms with Gasteiger partial charge in [-0.2, -0.15) is 5.10 Å². The van der Waals surface area contributed by atoms with Gasteiger partial charge in [0.25, 0.3) is 5.91 Å². The van der Waals surface area contributed by atoms with Gasteiger partial charge >= 0.3 is 0 Å². The Morgan fingerprint density at radius 3 is 2.90 bits per heavy atom. The van der Waals surface area contributed by atoms with Gasteiger partial charge in [0.2, 0.25) is 0 Å². The van der Waals surface area contributed by atoms with Crippen molar-refractivity contribution in [1.29, 1.82) is 0 Å². The van der Waals surface area contributed by atoms with Crippen molar-refractivity contribution in [3.63, 3.8) is 0 Å². The first-order chi connectivity index (χ1) is 9.61. The van der Waals surface area contributed by atoms with Crippen LogP contribution in [-0.4, -0.2) is 49.7 Å². The number of hydrogen-bond acceptors (Lipinski definition) is 4. The molecule has 0 atom stereocenters. The Hall–Kier alpha value is -1.95. The number of nitrogens with zero attached hydrogens (tertiary/aromatic N) is 4. The van der Waals surface area contributed by atoms with Gasteiger partial charge in [-0.15, -0.1) is 0 Å². The molecular formula is C14H18N4O2. The predicted octanol–water partition coefficient (Wildman–Crippen LogP) is 0.943. The molecule has 2 aromatic rings. The van der Waals surface area contributed by atoms with Crippen molar-refractivity contribution < 1.29 is 9.90 Å². The number of carbonyl (C=O) groups excluding carboxylic acids is 1. The second kappa shape index (κ2) is 4.86. The molecule has 1 saturated carbocycles. The molecule has 0 bridgehead atoms. The molecule has 1 aliphatic rings. The SMILES string of the molecule is Cc1cc2ncc(C(=O)N(CCO)C3CC3)c(C)n2n1. The Morgan fingerprint density at radius 2 is 2.25 bits per heavy atom. The largest absolute Gasteiger partial charge is 0.395 e. The number of aliphatic hydroxyl groups is 1. The van der Waals surface area contributed by atoms with Crippen LogP contribution in [0.15, 0.2) is 12.3 Å². The number of hydrogen-bond donors (Lipinski definition) is 1. The summed E-state index contributed by atoms with van der Waals surface area (Å²) >= 11 is 0. The van der Waals surface area contributed by atoms with E-state index in [4.69, 9.17) is 5.11 Å². The molecule has 0 aromatic carbocycles. The number of aryl methyl sites for hydroxylation is 2. The number of amides is 1. The van der Waals surface area contributed by atoms with Crippen LogP contribution in [0, 0.1) is 13.8 Å². The van der Waals surface area contributed by atoms with Crippen LogP contribution in [0.1, 0.15) is 34.6 Å². The van der Waals surface area contributed by atoms with E-state index in [2.05, 4.69) is 10.1 Å². The lowest BCUT2D eigenvalue weighted by atomic mass is 10.2. The highest BCUT2D eigenvalue weighted by Crippen LogP contribution is 2.28. The summed E-state index contributed by atoms with van der Waals surface area (Å²) < 4.78 is 1.70. The van der Waals surface area contributed by atoms with E-state index in [9.17, 15) is 4.79 Å². The molecule has 0 spiro atoms. The smallest absolute Gasteiger partial charge is 0.257 e. The summed E-state index contributed by atoms with van der Waals surface area (Å²) in [5.74, 6) is -0.0680. The second-order valence-electron chi connectivity index (χ2n) is 5.27. The van der Waals surface area contributed by atoms with Gasteiger partial charge in [-0.05, 0) is 26.7 Å². The minimum Gasteiger partial charge on any atom is -0.395 e. The lowest BCUT2D eigenvalue weighted by Gasteiger charge is -2.22. The molecule has 6 nitrogen and oxygen atoms in total. The number of aliphatic hydroxyl groups excluding tert-OH is 1. The molecule has 106 valence electrons. The van der Waals surface area contributed by atoms with Crippen LogP contribution >= 0.6 is 0 Å². The average molecular weight is 274 g/mol. The van der Waals surface area contributed by atoms with Crippen LogP contribution in [0.25, 0.3) is 5.65 Å². The Bertz CT molecular complexity index is 660. The molecule has 2 heterocycles. The van der Waals surface area contributed by atoms with E-state index in [1.54, 1.807) is 15.6 Å². The molecule has 1 amide bonds. The van der Waals surface area contributed by atoms with E-state index in [0.717, 1.165) is 29.9 Å². The van der Waals surface area contributed by atoms with E-state index in [1.807, 2.05) is 19.9 Å². The van der Waals surface area contributed by atoms with Crippen molar-refractivity contribution in [2.45, 2.75) is 32.7 Å². The fourth-order valence-electron chi connectivity index (χ4n) is 2.47. The molecule has 3 rings (SSSR count). The first kappa shape index (κ1) is 13.1. The van der Waals surface area contributed by atoms with E-state index < -0.39 is 0 Å². The summed E-state index contributed by atoms with van der Waals surface area (Å²) in [6.07, 6.45) is 3.64. The zero-order valence-corrected chi connectivity index (χ0v) is 11.7. The van der Waals surface area contributed by atoms with Crippen LogP contribution < -0.4 is 0 Å². The van der Waals surface area contributed by atoms with Crippen LogP contribution in [0.4, 0.5) is 0 Å². The fourth-order valence-corrected chi connectivity index (χ4v) is 2.47. The molecule has 6 heteroatoms. The summed E-state index contributed by atoms with van der Waals surface area (Å²) in [5.41, 5.74) is 2.97. The van der Waals surface area contributed by atoms with E-state index in [0.29, 0.717) is 12.1 Å². The fraction of sp³-hybridized carbons (Fsp3) is 0.500. The summed E-state index contributed by atoms with van der Waals surface area (Å²) in [4.78, 5) is 18.7. The Kier molecular flexibility index (Phi) is 3.17. The first-order valence-corrected chi connectivity index (χ1v) is 6.85. The summed E-state index contributed by atoms with van der Waals surface area (Å²) in [6, 6.07) is 2.15. The molecular weight excluding hydrogens is 256 g/mol. The molecule has 0 unspecified atom stereocenters. The van der Waals surface area contributed by atoms with Gasteiger partial charge in [0.1, 0.15) is 0 Å². The van der Waals surface area contributed by atoms with Crippen molar-refractivity contribution in [3.8, 4) is 0 Å². The Morgan fingerprint density at radius 1 is 1.50 bits per heavy atom. The van der Waals surface area contributed by atoms with Gasteiger partial charge in [-0.1, -0.05) is 0 Å².